The van der Waals surface area contributed by atoms with Crippen molar-refractivity contribution in [2.45, 2.75) is 32.1 Å². The molecule has 0 radical (unpaired) electrons. The van der Waals surface area contributed by atoms with Crippen molar-refractivity contribution in [1.29, 1.82) is 0 Å². The van der Waals surface area contributed by atoms with Crippen LogP contribution in [0, 0.1) is 17.8 Å². The van der Waals surface area contributed by atoms with E-state index < -0.39 is 5.92 Å². The molecule has 1 fully saturated rings. The molecule has 1 saturated carbocycles. The summed E-state index contributed by atoms with van der Waals surface area (Å²) in [5, 5.41) is 2.85. The Kier molecular flexibility index (Phi) is 5.06. The zero-order valence-corrected chi connectivity index (χ0v) is 11.6. The number of nitrogens with one attached hydrogen (secondary N) is 1. The van der Waals surface area contributed by atoms with Gasteiger partial charge in [-0.2, -0.15) is 0 Å². The van der Waals surface area contributed by atoms with Crippen molar-refractivity contribution >= 4 is 17.5 Å². The highest BCUT2D eigenvalue weighted by Crippen LogP contribution is 2.28. The van der Waals surface area contributed by atoms with E-state index in [2.05, 4.69) is 5.32 Å². The van der Waals surface area contributed by atoms with Gasteiger partial charge < -0.3 is 11.1 Å². The summed E-state index contributed by atoms with van der Waals surface area (Å²) in [6.45, 7) is 1.09. The van der Waals surface area contributed by atoms with Gasteiger partial charge in [-0.05, 0) is 56.7 Å². The Morgan fingerprint density at radius 2 is 1.75 bits per heavy atom. The number of carbonyl (C=O) groups excluding carboxylic acids is 3. The molecule has 2 rings (SSSR count). The standard InChI is InChI=1S/C15H22N2O3/c16-9-10-1-3-11(4-2-10)15(20)17-8-7-12-13(18)5-6-14(12)19/h5-6,10-12H,1-4,7-9,16H2,(H,17,20). The second-order valence-electron chi connectivity index (χ2n) is 5.72. The quantitative estimate of drug-likeness (QED) is 0.720. The lowest BCUT2D eigenvalue weighted by atomic mass is 9.81. The van der Waals surface area contributed by atoms with Crippen molar-refractivity contribution < 1.29 is 14.4 Å². The molecule has 2 aliphatic rings. The molecule has 0 aromatic rings. The molecule has 0 saturated heterocycles. The summed E-state index contributed by atoms with van der Waals surface area (Å²) in [7, 11) is 0. The van der Waals surface area contributed by atoms with E-state index in [-0.39, 0.29) is 23.4 Å². The first-order valence-corrected chi connectivity index (χ1v) is 7.35. The van der Waals surface area contributed by atoms with Gasteiger partial charge in [0.05, 0.1) is 5.92 Å². The van der Waals surface area contributed by atoms with Crippen molar-refractivity contribution in [3.8, 4) is 0 Å². The van der Waals surface area contributed by atoms with Gasteiger partial charge in [-0.25, -0.2) is 0 Å². The number of amides is 1. The van der Waals surface area contributed by atoms with Gasteiger partial charge in [-0.1, -0.05) is 0 Å². The minimum absolute atomic E-state index is 0.0475. The molecule has 0 bridgehead atoms. The summed E-state index contributed by atoms with van der Waals surface area (Å²) < 4.78 is 0. The van der Waals surface area contributed by atoms with Crippen LogP contribution in [0.25, 0.3) is 0 Å². The number of ketones is 2. The maximum atomic E-state index is 12.0. The highest BCUT2D eigenvalue weighted by atomic mass is 16.2. The zero-order valence-electron chi connectivity index (χ0n) is 11.6. The molecule has 5 nitrogen and oxygen atoms in total. The van der Waals surface area contributed by atoms with E-state index in [1.165, 1.54) is 12.2 Å². The van der Waals surface area contributed by atoms with Crippen molar-refractivity contribution in [3.63, 3.8) is 0 Å². The SMILES string of the molecule is NCC1CCC(C(=O)NCCC2C(=O)C=CC2=O)CC1. The molecule has 3 N–H and O–H groups in total. The lowest BCUT2D eigenvalue weighted by Gasteiger charge is -2.26. The van der Waals surface area contributed by atoms with Gasteiger partial charge in [0.1, 0.15) is 0 Å². The maximum Gasteiger partial charge on any atom is 0.223 e. The molecule has 110 valence electrons. The molecule has 0 unspecified atom stereocenters. The van der Waals surface area contributed by atoms with Gasteiger partial charge >= 0.3 is 0 Å². The van der Waals surface area contributed by atoms with Crippen LogP contribution in [0.5, 0.6) is 0 Å². The fourth-order valence-corrected chi connectivity index (χ4v) is 2.97. The first-order chi connectivity index (χ1) is 9.61. The fourth-order valence-electron chi connectivity index (χ4n) is 2.97. The average Bonchev–Trinajstić information content (AvgIpc) is 2.79. The summed E-state index contributed by atoms with van der Waals surface area (Å²) in [6, 6.07) is 0. The van der Waals surface area contributed by atoms with Crippen LogP contribution in [-0.4, -0.2) is 30.6 Å². The Morgan fingerprint density at radius 1 is 1.15 bits per heavy atom. The Balaban J connectivity index is 1.68. The molecule has 0 spiro atoms. The van der Waals surface area contributed by atoms with Crippen LogP contribution in [0.4, 0.5) is 0 Å². The van der Waals surface area contributed by atoms with Gasteiger partial charge in [0, 0.05) is 12.5 Å². The van der Waals surface area contributed by atoms with E-state index in [1.807, 2.05) is 0 Å². The van der Waals surface area contributed by atoms with Gasteiger partial charge in [0.25, 0.3) is 0 Å². The van der Waals surface area contributed by atoms with E-state index in [0.29, 0.717) is 25.4 Å². The van der Waals surface area contributed by atoms with Crippen LogP contribution in [0.15, 0.2) is 12.2 Å². The molecule has 2 aliphatic carbocycles. The number of nitrogens with two attached hydrogens (primary N) is 1. The molecule has 1 amide bonds. The number of allylic oxidation sites excluding steroid dienone is 2. The first kappa shape index (κ1) is 14.9. The lowest BCUT2D eigenvalue weighted by Crippen LogP contribution is -2.36. The Bertz CT molecular complexity index is 405. The first-order valence-electron chi connectivity index (χ1n) is 7.35. The van der Waals surface area contributed by atoms with Gasteiger partial charge in [-0.3, -0.25) is 14.4 Å². The molecule has 0 aliphatic heterocycles. The van der Waals surface area contributed by atoms with Crippen LogP contribution in [0.1, 0.15) is 32.1 Å². The summed E-state index contributed by atoms with van der Waals surface area (Å²) in [6.07, 6.45) is 6.84. The molecular weight excluding hydrogens is 256 g/mol. The summed E-state index contributed by atoms with van der Waals surface area (Å²) >= 11 is 0. The predicted molar refractivity (Wildman–Crippen MR) is 74.8 cm³/mol. The third-order valence-electron chi connectivity index (χ3n) is 4.38. The van der Waals surface area contributed by atoms with E-state index in [1.54, 1.807) is 0 Å². The molecule has 0 heterocycles. The lowest BCUT2D eigenvalue weighted by molar-refractivity contribution is -0.128. The van der Waals surface area contributed by atoms with Gasteiger partial charge in [-0.15, -0.1) is 0 Å². The Hall–Kier alpha value is -1.49. The number of hydrogen-bond donors (Lipinski definition) is 2. The smallest absolute Gasteiger partial charge is 0.223 e. The number of carbonyl (C=O) groups is 3. The second-order valence-corrected chi connectivity index (χ2v) is 5.72. The normalized spacial score (nSPS) is 27.1. The minimum atomic E-state index is -0.580. The molecule has 20 heavy (non-hydrogen) atoms. The van der Waals surface area contributed by atoms with E-state index in [0.717, 1.165) is 25.7 Å². The molecule has 0 aromatic heterocycles. The highest BCUT2D eigenvalue weighted by molar-refractivity contribution is 6.18. The minimum Gasteiger partial charge on any atom is -0.356 e. The van der Waals surface area contributed by atoms with E-state index in [4.69, 9.17) is 5.73 Å². The van der Waals surface area contributed by atoms with Gasteiger partial charge in [0.15, 0.2) is 11.6 Å². The Labute approximate surface area is 119 Å². The van der Waals surface area contributed by atoms with Crippen LogP contribution in [-0.2, 0) is 14.4 Å². The summed E-state index contributed by atoms with van der Waals surface area (Å²) in [4.78, 5) is 34.8. The van der Waals surface area contributed by atoms with Crippen molar-refractivity contribution in [3.05, 3.63) is 12.2 Å². The summed E-state index contributed by atoms with van der Waals surface area (Å²) in [5.41, 5.74) is 5.63. The molecule has 5 heteroatoms. The summed E-state index contributed by atoms with van der Waals surface area (Å²) in [5.74, 6) is -0.209. The highest BCUT2D eigenvalue weighted by Gasteiger charge is 2.29. The molecule has 0 atom stereocenters. The van der Waals surface area contributed by atoms with E-state index in [9.17, 15) is 14.4 Å². The van der Waals surface area contributed by atoms with Crippen LogP contribution in [0.3, 0.4) is 0 Å². The topological polar surface area (TPSA) is 89.3 Å². The van der Waals surface area contributed by atoms with E-state index >= 15 is 0 Å². The number of rotatable bonds is 5. The van der Waals surface area contributed by atoms with Crippen LogP contribution in [0.2, 0.25) is 0 Å². The van der Waals surface area contributed by atoms with Crippen molar-refractivity contribution in [1.82, 2.24) is 5.32 Å². The zero-order chi connectivity index (χ0) is 14.5. The third kappa shape index (κ3) is 3.54. The molecule has 0 aromatic carbocycles. The number of hydrogen-bond acceptors (Lipinski definition) is 4. The largest absolute Gasteiger partial charge is 0.356 e. The van der Waals surface area contributed by atoms with Crippen LogP contribution < -0.4 is 11.1 Å². The average molecular weight is 278 g/mol. The maximum absolute atomic E-state index is 12.0. The third-order valence-corrected chi connectivity index (χ3v) is 4.38. The van der Waals surface area contributed by atoms with Gasteiger partial charge in [0.2, 0.25) is 5.91 Å². The predicted octanol–water partition coefficient (Wildman–Crippen LogP) is 0.582. The monoisotopic (exact) mass is 278 g/mol. The molecular formula is C15H22N2O3. The van der Waals surface area contributed by atoms with Crippen molar-refractivity contribution in [2.75, 3.05) is 13.1 Å². The van der Waals surface area contributed by atoms with Crippen LogP contribution >= 0.6 is 0 Å². The second kappa shape index (κ2) is 6.79. The van der Waals surface area contributed by atoms with Crippen molar-refractivity contribution in [2.24, 2.45) is 23.5 Å². The Morgan fingerprint density at radius 3 is 2.30 bits per heavy atom. The fraction of sp³-hybridized carbons (Fsp3) is 0.667.